The number of hydrogen-bond donors (Lipinski definition) is 2. The molecule has 53 heavy (non-hydrogen) atoms. The average molecular weight is 731 g/mol. The van der Waals surface area contributed by atoms with Gasteiger partial charge >= 0.3 is 5.97 Å². The van der Waals surface area contributed by atoms with E-state index in [1.54, 1.807) is 11.3 Å². The minimum absolute atomic E-state index is 0.00635. The minimum atomic E-state index is -1.07. The number of carboxylic acids is 1. The van der Waals surface area contributed by atoms with Gasteiger partial charge < -0.3 is 20.1 Å². The number of carboxylic acid groups (broad SMARTS) is 1. The SMILES string of the molecule is CCCOC12CC3(Cn4ncc(-c5ccc(N6CCCc7c6nnc(Nc6nc8ccccc8s6)c7C)nc5C(=O)O)c4C)CC4(C)CC(C)(C1)C42C3. The van der Waals surface area contributed by atoms with Gasteiger partial charge in [0.25, 0.3) is 0 Å². The third-order valence-electron chi connectivity index (χ3n) is 14.1. The summed E-state index contributed by atoms with van der Waals surface area (Å²) >= 11 is 1.58. The molecule has 1 aliphatic heterocycles. The number of rotatable bonds is 10. The predicted molar refractivity (Wildman–Crippen MR) is 205 cm³/mol. The van der Waals surface area contributed by atoms with E-state index in [-0.39, 0.29) is 22.1 Å². The number of ether oxygens (including phenoxy) is 1. The molecule has 1 spiro atoms. The maximum Gasteiger partial charge on any atom is 0.355 e. The second kappa shape index (κ2) is 11.1. The molecule has 5 unspecified atom stereocenters. The fraction of sp³-hybridized carbons (Fsp3) is 0.512. The van der Waals surface area contributed by atoms with Crippen molar-refractivity contribution in [3.63, 3.8) is 0 Å². The third-order valence-corrected chi connectivity index (χ3v) is 15.0. The van der Waals surface area contributed by atoms with Crippen molar-refractivity contribution in [1.29, 1.82) is 0 Å². The summed E-state index contributed by atoms with van der Waals surface area (Å²) in [4.78, 5) is 24.3. The van der Waals surface area contributed by atoms with Crippen LogP contribution in [0.3, 0.4) is 0 Å². The number of para-hydroxylation sites is 1. The Kier molecular flexibility index (Phi) is 6.93. The summed E-state index contributed by atoms with van der Waals surface area (Å²) in [6, 6.07) is 11.9. The molecule has 10 rings (SSSR count). The number of nitrogens with one attached hydrogen (secondary N) is 1. The van der Waals surface area contributed by atoms with Crippen molar-refractivity contribution in [3.05, 3.63) is 65.1 Å². The van der Waals surface area contributed by atoms with E-state index >= 15 is 0 Å². The van der Waals surface area contributed by atoms with Crippen LogP contribution in [0, 0.1) is 35.5 Å². The molecule has 2 bridgehead atoms. The number of fused-ring (bicyclic) bond motifs is 3. The number of nitrogens with zero attached hydrogens (tertiary/aromatic N) is 7. The lowest BCUT2D eigenvalue weighted by molar-refractivity contribution is -0.387. The van der Waals surface area contributed by atoms with E-state index in [9.17, 15) is 9.90 Å². The molecule has 4 aliphatic carbocycles. The van der Waals surface area contributed by atoms with Crippen LogP contribution < -0.4 is 10.2 Å². The van der Waals surface area contributed by atoms with Gasteiger partial charge in [0.05, 0.1) is 22.0 Å². The molecule has 12 heteroatoms. The summed E-state index contributed by atoms with van der Waals surface area (Å²) in [6.45, 7) is 13.7. The molecular weight excluding hydrogens is 685 g/mol. The van der Waals surface area contributed by atoms with Crippen LogP contribution >= 0.6 is 11.3 Å². The standard InChI is InChI=1S/C41H46N8O3S/c1-6-16-52-40-20-38(5)18-37(4)19-39(21-40,22-41(37,38)40)23-49-25(3)28(17-42-49)27-13-14-31(44-32(27)35(50)51)48-15-9-10-26-24(2)33(46-47-34(26)48)45-36-43-29-11-7-8-12-30(29)53-36/h7-8,11-14,17H,6,9-10,15-16,18-23H2,1-5H3,(H,50,51)(H,43,45,46). The van der Waals surface area contributed by atoms with E-state index in [1.165, 1.54) is 25.7 Å². The maximum atomic E-state index is 12.9. The van der Waals surface area contributed by atoms with E-state index in [0.29, 0.717) is 40.4 Å². The van der Waals surface area contributed by atoms with Crippen LogP contribution in [0.15, 0.2) is 42.6 Å². The van der Waals surface area contributed by atoms with Crippen molar-refractivity contribution in [2.75, 3.05) is 23.4 Å². The highest BCUT2D eigenvalue weighted by Gasteiger charge is 2.93. The molecule has 5 atom stereocenters. The highest BCUT2D eigenvalue weighted by molar-refractivity contribution is 7.22. The molecule has 1 aromatic carbocycles. The first-order valence-electron chi connectivity index (χ1n) is 19.1. The Morgan fingerprint density at radius 2 is 1.83 bits per heavy atom. The summed E-state index contributed by atoms with van der Waals surface area (Å²) in [5, 5.41) is 28.8. The summed E-state index contributed by atoms with van der Waals surface area (Å²) in [7, 11) is 0. The van der Waals surface area contributed by atoms with E-state index in [2.05, 4.69) is 60.9 Å². The van der Waals surface area contributed by atoms with Gasteiger partial charge in [-0.1, -0.05) is 44.2 Å². The van der Waals surface area contributed by atoms with Crippen molar-refractivity contribution < 1.29 is 14.6 Å². The molecular formula is C41H46N8O3S. The Labute approximate surface area is 313 Å². The zero-order valence-corrected chi connectivity index (χ0v) is 31.9. The van der Waals surface area contributed by atoms with Crippen LogP contribution in [0.5, 0.6) is 0 Å². The summed E-state index contributed by atoms with van der Waals surface area (Å²) in [5.41, 5.74) is 6.50. The Balaban J connectivity index is 0.933. The Morgan fingerprint density at radius 3 is 2.62 bits per heavy atom. The van der Waals surface area contributed by atoms with Crippen LogP contribution in [-0.2, 0) is 17.7 Å². The number of aromatic nitrogens is 6. The van der Waals surface area contributed by atoms with E-state index in [1.807, 2.05) is 41.4 Å². The molecule has 5 aliphatic rings. The number of hydrogen-bond acceptors (Lipinski definition) is 10. The van der Waals surface area contributed by atoms with Gasteiger partial charge in [0.2, 0.25) is 0 Å². The second-order valence-electron chi connectivity index (χ2n) is 17.3. The van der Waals surface area contributed by atoms with Gasteiger partial charge in [0.1, 0.15) is 5.82 Å². The maximum absolute atomic E-state index is 12.9. The van der Waals surface area contributed by atoms with Crippen LogP contribution in [0.2, 0.25) is 0 Å². The van der Waals surface area contributed by atoms with Gasteiger partial charge in [0.15, 0.2) is 22.5 Å². The zero-order valence-electron chi connectivity index (χ0n) is 31.1. The summed E-state index contributed by atoms with van der Waals surface area (Å²) < 4.78 is 10.1. The molecule has 2 N–H and O–H groups in total. The number of aromatic carboxylic acids is 1. The summed E-state index contributed by atoms with van der Waals surface area (Å²) in [5.74, 6) is 0.869. The number of thiazole rings is 1. The molecule has 11 nitrogen and oxygen atoms in total. The van der Waals surface area contributed by atoms with Crippen molar-refractivity contribution >= 4 is 50.1 Å². The van der Waals surface area contributed by atoms with Crippen molar-refractivity contribution in [2.24, 2.45) is 21.7 Å². The van der Waals surface area contributed by atoms with Crippen LogP contribution in [0.25, 0.3) is 21.3 Å². The van der Waals surface area contributed by atoms with Crippen molar-refractivity contribution in [1.82, 2.24) is 29.9 Å². The first-order chi connectivity index (χ1) is 25.4. The zero-order chi connectivity index (χ0) is 36.5. The molecule has 0 saturated heterocycles. The molecule has 274 valence electrons. The number of benzene rings is 1. The fourth-order valence-electron chi connectivity index (χ4n) is 12.8. The minimum Gasteiger partial charge on any atom is -0.476 e. The van der Waals surface area contributed by atoms with Gasteiger partial charge in [0, 0.05) is 53.1 Å². The second-order valence-corrected chi connectivity index (χ2v) is 18.3. The summed E-state index contributed by atoms with van der Waals surface area (Å²) in [6.07, 6.45) is 10.6. The molecule has 5 heterocycles. The van der Waals surface area contributed by atoms with E-state index in [4.69, 9.17) is 19.8 Å². The van der Waals surface area contributed by atoms with Crippen LogP contribution in [0.1, 0.15) is 93.0 Å². The van der Waals surface area contributed by atoms with Crippen molar-refractivity contribution in [3.8, 4) is 11.1 Å². The van der Waals surface area contributed by atoms with Crippen LogP contribution in [-0.4, -0.2) is 59.8 Å². The smallest absolute Gasteiger partial charge is 0.355 e. The number of pyridine rings is 1. The molecule has 5 aromatic rings. The third kappa shape index (κ3) is 4.36. The lowest BCUT2D eigenvalue weighted by atomic mass is 9.24. The molecule has 4 saturated carbocycles. The van der Waals surface area contributed by atoms with E-state index < -0.39 is 5.97 Å². The highest BCUT2D eigenvalue weighted by atomic mass is 32.1. The van der Waals surface area contributed by atoms with Gasteiger partial charge in [-0.2, -0.15) is 5.10 Å². The molecule has 4 fully saturated rings. The van der Waals surface area contributed by atoms with Gasteiger partial charge in [-0.25, -0.2) is 14.8 Å². The van der Waals surface area contributed by atoms with Gasteiger partial charge in [-0.3, -0.25) is 4.68 Å². The van der Waals surface area contributed by atoms with Crippen LogP contribution in [0.4, 0.5) is 22.6 Å². The fourth-order valence-corrected chi connectivity index (χ4v) is 13.6. The first-order valence-corrected chi connectivity index (χ1v) is 19.9. The lowest BCUT2D eigenvalue weighted by Gasteiger charge is -2.82. The molecule has 4 aromatic heterocycles. The normalized spacial score (nSPS) is 30.5. The monoisotopic (exact) mass is 730 g/mol. The molecule has 0 radical (unpaired) electrons. The quantitative estimate of drug-likeness (QED) is 0.144. The molecule has 0 amide bonds. The Bertz CT molecular complexity index is 2320. The first kappa shape index (κ1) is 33.2. The van der Waals surface area contributed by atoms with Gasteiger partial charge in [-0.15, -0.1) is 10.2 Å². The Morgan fingerprint density at radius 1 is 1.00 bits per heavy atom. The lowest BCUT2D eigenvalue weighted by Crippen LogP contribution is -2.81. The topological polar surface area (TPSA) is 131 Å². The average Bonchev–Trinajstić information content (AvgIpc) is 3.84. The largest absolute Gasteiger partial charge is 0.476 e. The number of anilines is 4. The van der Waals surface area contributed by atoms with Gasteiger partial charge in [-0.05, 0) is 106 Å². The van der Waals surface area contributed by atoms with Crippen molar-refractivity contribution in [2.45, 2.75) is 98.1 Å². The Hall–Kier alpha value is -4.42. The number of carbonyl (C=O) groups is 1. The highest BCUT2D eigenvalue weighted by Crippen LogP contribution is 2.95. The predicted octanol–water partition coefficient (Wildman–Crippen LogP) is 8.64. The van der Waals surface area contributed by atoms with E-state index in [0.717, 1.165) is 76.6 Å².